The second kappa shape index (κ2) is 4.77. The number of benzene rings is 2. The second-order valence-electron chi connectivity index (χ2n) is 5.41. The lowest BCUT2D eigenvalue weighted by Gasteiger charge is -2.16. The van der Waals surface area contributed by atoms with E-state index in [1.54, 1.807) is 0 Å². The van der Waals surface area contributed by atoms with Gasteiger partial charge < -0.3 is 4.74 Å². The summed E-state index contributed by atoms with van der Waals surface area (Å²) in [7, 11) is 0. The summed E-state index contributed by atoms with van der Waals surface area (Å²) in [6, 6.07) is 16.5. The van der Waals surface area contributed by atoms with E-state index in [1.807, 2.05) is 31.2 Å². The number of rotatable bonds is 2. The van der Waals surface area contributed by atoms with Crippen LogP contribution in [0.3, 0.4) is 0 Å². The third-order valence-electron chi connectivity index (χ3n) is 4.06. The summed E-state index contributed by atoms with van der Waals surface area (Å²) in [6.07, 6.45) is 2.00. The van der Waals surface area contributed by atoms with E-state index in [4.69, 9.17) is 4.74 Å². The smallest absolute Gasteiger partial charge is 0.241 e. The van der Waals surface area contributed by atoms with Gasteiger partial charge in [0.2, 0.25) is 5.88 Å². The minimum absolute atomic E-state index is 0.703. The molecule has 1 N–H and O–H groups in total. The number of hydrogen-bond acceptors (Lipinski definition) is 2. The average Bonchev–Trinajstić information content (AvgIpc) is 2.93. The zero-order valence-electron chi connectivity index (χ0n) is 11.9. The van der Waals surface area contributed by atoms with Crippen molar-refractivity contribution in [3.8, 4) is 22.9 Å². The van der Waals surface area contributed by atoms with Crippen LogP contribution in [0, 0.1) is 6.92 Å². The van der Waals surface area contributed by atoms with Crippen molar-refractivity contribution in [2.45, 2.75) is 19.8 Å². The van der Waals surface area contributed by atoms with Crippen LogP contribution >= 0.6 is 0 Å². The number of nitrogens with zero attached hydrogens (tertiary/aromatic N) is 1. The van der Waals surface area contributed by atoms with E-state index in [-0.39, 0.29) is 0 Å². The standard InChI is InChI=1S/C18H16N2O/c1-12-6-2-5-9-16(12)21-18-15-11-10-13-7-3-4-8-14(13)17(15)19-20-18/h2-9H,10-11H2,1H3,(H,19,20). The van der Waals surface area contributed by atoms with Gasteiger partial charge in [-0.2, -0.15) is 0 Å². The second-order valence-corrected chi connectivity index (χ2v) is 5.41. The fraction of sp³-hybridized carbons (Fsp3) is 0.167. The van der Waals surface area contributed by atoms with Crippen LogP contribution in [0.4, 0.5) is 0 Å². The van der Waals surface area contributed by atoms with Gasteiger partial charge in [0.05, 0.1) is 5.69 Å². The predicted molar refractivity (Wildman–Crippen MR) is 82.7 cm³/mol. The van der Waals surface area contributed by atoms with Crippen LogP contribution in [0.5, 0.6) is 11.6 Å². The number of aryl methyl sites for hydroxylation is 2. The monoisotopic (exact) mass is 276 g/mol. The molecule has 0 aliphatic heterocycles. The Bertz CT molecular complexity index is 804. The van der Waals surface area contributed by atoms with E-state index >= 15 is 0 Å². The van der Waals surface area contributed by atoms with Gasteiger partial charge >= 0.3 is 0 Å². The van der Waals surface area contributed by atoms with Gasteiger partial charge in [-0.05, 0) is 37.0 Å². The molecular formula is C18H16N2O. The molecule has 0 saturated carbocycles. The van der Waals surface area contributed by atoms with Crippen molar-refractivity contribution in [1.29, 1.82) is 0 Å². The summed E-state index contributed by atoms with van der Waals surface area (Å²) in [5, 5.41) is 7.53. The molecule has 2 aromatic carbocycles. The summed E-state index contributed by atoms with van der Waals surface area (Å²) in [6.45, 7) is 2.05. The van der Waals surface area contributed by atoms with Crippen molar-refractivity contribution in [2.24, 2.45) is 0 Å². The molecular weight excluding hydrogens is 260 g/mol. The molecule has 0 unspecified atom stereocenters. The Morgan fingerprint density at radius 3 is 2.71 bits per heavy atom. The number of aromatic nitrogens is 2. The first kappa shape index (κ1) is 12.2. The summed E-state index contributed by atoms with van der Waals surface area (Å²) in [4.78, 5) is 0. The molecule has 3 nitrogen and oxygen atoms in total. The molecule has 0 radical (unpaired) electrons. The molecule has 4 rings (SSSR count). The fourth-order valence-electron chi connectivity index (χ4n) is 2.90. The normalized spacial score (nSPS) is 12.6. The highest BCUT2D eigenvalue weighted by Crippen LogP contribution is 2.38. The predicted octanol–water partition coefficient (Wildman–Crippen LogP) is 4.28. The number of hydrogen-bond donors (Lipinski definition) is 1. The molecule has 104 valence electrons. The van der Waals surface area contributed by atoms with Crippen LogP contribution in [-0.2, 0) is 12.8 Å². The molecule has 21 heavy (non-hydrogen) atoms. The highest BCUT2D eigenvalue weighted by atomic mass is 16.5. The van der Waals surface area contributed by atoms with Gasteiger partial charge in [-0.15, -0.1) is 5.10 Å². The molecule has 1 heterocycles. The van der Waals surface area contributed by atoms with Gasteiger partial charge in [0.25, 0.3) is 0 Å². The van der Waals surface area contributed by atoms with E-state index < -0.39 is 0 Å². The van der Waals surface area contributed by atoms with Gasteiger partial charge in [-0.1, -0.05) is 42.5 Å². The first-order valence-corrected chi connectivity index (χ1v) is 7.22. The number of nitrogens with one attached hydrogen (secondary N) is 1. The zero-order chi connectivity index (χ0) is 14.2. The Morgan fingerprint density at radius 2 is 1.81 bits per heavy atom. The number of para-hydroxylation sites is 1. The van der Waals surface area contributed by atoms with E-state index in [1.165, 1.54) is 16.7 Å². The van der Waals surface area contributed by atoms with Crippen molar-refractivity contribution >= 4 is 0 Å². The summed E-state index contributed by atoms with van der Waals surface area (Å²) in [5.41, 5.74) is 6.00. The van der Waals surface area contributed by atoms with E-state index in [2.05, 4.69) is 34.5 Å². The van der Waals surface area contributed by atoms with Gasteiger partial charge in [-0.3, -0.25) is 5.10 Å². The molecule has 1 aromatic heterocycles. The first-order chi connectivity index (χ1) is 10.3. The minimum atomic E-state index is 0.703. The van der Waals surface area contributed by atoms with Gasteiger partial charge in [-0.25, -0.2) is 0 Å². The van der Waals surface area contributed by atoms with Crippen molar-refractivity contribution in [1.82, 2.24) is 10.2 Å². The third kappa shape index (κ3) is 2.02. The van der Waals surface area contributed by atoms with Gasteiger partial charge in [0.1, 0.15) is 5.75 Å². The van der Waals surface area contributed by atoms with Gasteiger partial charge in [0.15, 0.2) is 0 Å². The lowest BCUT2D eigenvalue weighted by atomic mass is 9.90. The Labute approximate surface area is 123 Å². The summed E-state index contributed by atoms with van der Waals surface area (Å²) in [5.74, 6) is 1.57. The maximum Gasteiger partial charge on any atom is 0.241 e. The number of H-pyrrole nitrogens is 1. The Kier molecular flexibility index (Phi) is 2.78. The molecule has 0 atom stereocenters. The molecule has 1 aliphatic rings. The van der Waals surface area contributed by atoms with E-state index in [9.17, 15) is 0 Å². The molecule has 1 aliphatic carbocycles. The molecule has 0 bridgehead atoms. The first-order valence-electron chi connectivity index (χ1n) is 7.22. The van der Waals surface area contributed by atoms with Crippen molar-refractivity contribution in [2.75, 3.05) is 0 Å². The Morgan fingerprint density at radius 1 is 1.00 bits per heavy atom. The highest BCUT2D eigenvalue weighted by molar-refractivity contribution is 5.71. The lowest BCUT2D eigenvalue weighted by Crippen LogP contribution is -2.03. The maximum absolute atomic E-state index is 6.02. The van der Waals surface area contributed by atoms with Crippen LogP contribution in [0.2, 0.25) is 0 Å². The molecule has 0 amide bonds. The van der Waals surface area contributed by atoms with Crippen LogP contribution in [0.1, 0.15) is 16.7 Å². The highest BCUT2D eigenvalue weighted by Gasteiger charge is 2.22. The largest absolute Gasteiger partial charge is 0.437 e. The zero-order valence-corrected chi connectivity index (χ0v) is 11.9. The molecule has 3 aromatic rings. The average molecular weight is 276 g/mol. The summed E-state index contributed by atoms with van der Waals surface area (Å²) < 4.78 is 6.02. The fourth-order valence-corrected chi connectivity index (χ4v) is 2.90. The van der Waals surface area contributed by atoms with Gasteiger partial charge in [0, 0.05) is 11.1 Å². The molecule has 0 saturated heterocycles. The van der Waals surface area contributed by atoms with E-state index in [0.717, 1.165) is 29.8 Å². The van der Waals surface area contributed by atoms with Crippen molar-refractivity contribution in [3.05, 3.63) is 65.2 Å². The quantitative estimate of drug-likeness (QED) is 0.758. The number of aromatic amines is 1. The van der Waals surface area contributed by atoms with Crippen LogP contribution in [-0.4, -0.2) is 10.2 Å². The topological polar surface area (TPSA) is 37.9 Å². The lowest BCUT2D eigenvalue weighted by molar-refractivity contribution is 0.452. The Hall–Kier alpha value is -2.55. The molecule has 3 heteroatoms. The molecule has 0 spiro atoms. The molecule has 0 fully saturated rings. The van der Waals surface area contributed by atoms with Crippen LogP contribution in [0.15, 0.2) is 48.5 Å². The Balaban J connectivity index is 1.75. The van der Waals surface area contributed by atoms with E-state index in [0.29, 0.717) is 5.88 Å². The maximum atomic E-state index is 6.02. The third-order valence-corrected chi connectivity index (χ3v) is 4.06. The number of fused-ring (bicyclic) bond motifs is 3. The number of ether oxygens (including phenoxy) is 1. The van der Waals surface area contributed by atoms with Crippen molar-refractivity contribution < 1.29 is 4.74 Å². The van der Waals surface area contributed by atoms with Crippen LogP contribution in [0.25, 0.3) is 11.3 Å². The SMILES string of the molecule is Cc1ccccc1Oc1n[nH]c2c1CCc1ccccc1-2. The minimum Gasteiger partial charge on any atom is -0.437 e. The van der Waals surface area contributed by atoms with Crippen LogP contribution < -0.4 is 4.74 Å². The van der Waals surface area contributed by atoms with Crippen molar-refractivity contribution in [3.63, 3.8) is 0 Å². The summed E-state index contributed by atoms with van der Waals surface area (Å²) >= 11 is 0.